The van der Waals surface area contributed by atoms with Crippen LogP contribution >= 0.6 is 0 Å². The van der Waals surface area contributed by atoms with Crippen LogP contribution in [0.3, 0.4) is 0 Å². The molecule has 2 N–H and O–H groups in total. The van der Waals surface area contributed by atoms with Crippen molar-refractivity contribution in [1.29, 1.82) is 0 Å². The molecule has 0 radical (unpaired) electrons. The van der Waals surface area contributed by atoms with Gasteiger partial charge in [-0.25, -0.2) is 0 Å². The molecule has 0 heterocycles. The maximum atomic E-state index is 11.9. The molecule has 0 unspecified atom stereocenters. The molecule has 1 amide bonds. The predicted octanol–water partition coefficient (Wildman–Crippen LogP) is 3.92. The van der Waals surface area contributed by atoms with Crippen LogP contribution in [0, 0.1) is 0 Å². The summed E-state index contributed by atoms with van der Waals surface area (Å²) in [5.74, 6) is 0.748. The van der Waals surface area contributed by atoms with E-state index in [2.05, 4.69) is 17.6 Å². The largest absolute Gasteiger partial charge is 0.494 e. The average Bonchev–Trinajstić information content (AvgIpc) is 2.56. The Hall–Kier alpha value is -2.49. The summed E-state index contributed by atoms with van der Waals surface area (Å²) in [4.78, 5) is 11.9. The highest BCUT2D eigenvalue weighted by atomic mass is 16.5. The summed E-state index contributed by atoms with van der Waals surface area (Å²) in [6, 6.07) is 17.1. The van der Waals surface area contributed by atoms with E-state index in [1.807, 2.05) is 54.6 Å². The highest BCUT2D eigenvalue weighted by Gasteiger charge is 2.02. The molecule has 0 aromatic heterocycles. The van der Waals surface area contributed by atoms with E-state index in [1.165, 1.54) is 0 Å². The summed E-state index contributed by atoms with van der Waals surface area (Å²) in [6.45, 7) is 3.09. The van der Waals surface area contributed by atoms with Gasteiger partial charge in [0.2, 0.25) is 5.91 Å². The molecule has 22 heavy (non-hydrogen) atoms. The molecule has 2 aromatic carbocycles. The second-order valence-corrected chi connectivity index (χ2v) is 4.99. The fourth-order valence-corrected chi connectivity index (χ4v) is 1.91. The normalized spacial score (nSPS) is 10.0. The van der Waals surface area contributed by atoms with E-state index in [9.17, 15) is 4.79 Å². The van der Waals surface area contributed by atoms with Crippen molar-refractivity contribution >= 4 is 17.3 Å². The van der Waals surface area contributed by atoms with E-state index in [1.54, 1.807) is 0 Å². The highest BCUT2D eigenvalue weighted by Crippen LogP contribution is 2.16. The second kappa shape index (κ2) is 8.72. The minimum absolute atomic E-state index is 0.0801. The van der Waals surface area contributed by atoms with E-state index in [-0.39, 0.29) is 12.5 Å². The van der Waals surface area contributed by atoms with Gasteiger partial charge in [-0.1, -0.05) is 31.5 Å². The van der Waals surface area contributed by atoms with Gasteiger partial charge in [0, 0.05) is 11.4 Å². The van der Waals surface area contributed by atoms with Gasteiger partial charge in [-0.3, -0.25) is 4.79 Å². The Balaban J connectivity index is 1.76. The van der Waals surface area contributed by atoms with Crippen LogP contribution < -0.4 is 15.4 Å². The molecule has 0 saturated carbocycles. The molecule has 0 atom stereocenters. The lowest BCUT2D eigenvalue weighted by Crippen LogP contribution is -2.21. The quantitative estimate of drug-likeness (QED) is 0.726. The fourth-order valence-electron chi connectivity index (χ4n) is 1.91. The van der Waals surface area contributed by atoms with Gasteiger partial charge in [-0.2, -0.15) is 0 Å². The van der Waals surface area contributed by atoms with Crippen LogP contribution in [0.2, 0.25) is 0 Å². The summed E-state index contributed by atoms with van der Waals surface area (Å²) in [5.41, 5.74) is 1.69. The van der Waals surface area contributed by atoms with Crippen molar-refractivity contribution in [2.24, 2.45) is 0 Å². The predicted molar refractivity (Wildman–Crippen MR) is 90.4 cm³/mol. The summed E-state index contributed by atoms with van der Waals surface area (Å²) < 4.78 is 5.59. The number of hydrogen-bond donors (Lipinski definition) is 2. The van der Waals surface area contributed by atoms with Crippen LogP contribution in [0.4, 0.5) is 11.4 Å². The standard InChI is InChI=1S/C18H22N2O2/c1-2-3-13-22-17-11-9-16(10-12-17)20-18(21)14-19-15-7-5-4-6-8-15/h4-12,19H,2-3,13-14H2,1H3,(H,20,21). The van der Waals surface area contributed by atoms with Gasteiger partial charge in [0.25, 0.3) is 0 Å². The third-order valence-corrected chi connectivity index (χ3v) is 3.13. The lowest BCUT2D eigenvalue weighted by atomic mass is 10.3. The van der Waals surface area contributed by atoms with Gasteiger partial charge in [-0.05, 0) is 42.8 Å². The Morgan fingerprint density at radius 1 is 1.00 bits per heavy atom. The Morgan fingerprint density at radius 2 is 1.73 bits per heavy atom. The maximum absolute atomic E-state index is 11.9. The number of para-hydroxylation sites is 1. The van der Waals surface area contributed by atoms with Crippen molar-refractivity contribution in [2.75, 3.05) is 23.8 Å². The third-order valence-electron chi connectivity index (χ3n) is 3.13. The van der Waals surface area contributed by atoms with Crippen molar-refractivity contribution in [3.63, 3.8) is 0 Å². The zero-order chi connectivity index (χ0) is 15.6. The van der Waals surface area contributed by atoms with Crippen LogP contribution in [0.5, 0.6) is 5.75 Å². The van der Waals surface area contributed by atoms with E-state index < -0.39 is 0 Å². The van der Waals surface area contributed by atoms with Gasteiger partial charge >= 0.3 is 0 Å². The zero-order valence-electron chi connectivity index (χ0n) is 12.8. The van der Waals surface area contributed by atoms with Crippen LogP contribution in [-0.4, -0.2) is 19.1 Å². The fraction of sp³-hybridized carbons (Fsp3) is 0.278. The Labute approximate surface area is 131 Å². The summed E-state index contributed by atoms with van der Waals surface area (Å²) in [7, 11) is 0. The SMILES string of the molecule is CCCCOc1ccc(NC(=O)CNc2ccccc2)cc1. The smallest absolute Gasteiger partial charge is 0.243 e. The van der Waals surface area contributed by atoms with E-state index in [4.69, 9.17) is 4.74 Å². The molecule has 4 nitrogen and oxygen atoms in total. The van der Waals surface area contributed by atoms with Gasteiger partial charge in [0.1, 0.15) is 5.75 Å². The molecule has 2 aromatic rings. The molecule has 0 bridgehead atoms. The Bertz CT molecular complexity index is 567. The van der Waals surface area contributed by atoms with Crippen LogP contribution in [0.15, 0.2) is 54.6 Å². The molecule has 0 fully saturated rings. The monoisotopic (exact) mass is 298 g/mol. The van der Waals surface area contributed by atoms with E-state index in [0.717, 1.165) is 36.6 Å². The number of anilines is 2. The van der Waals surface area contributed by atoms with Crippen molar-refractivity contribution in [3.8, 4) is 5.75 Å². The molecule has 0 aliphatic rings. The van der Waals surface area contributed by atoms with Crippen molar-refractivity contribution in [1.82, 2.24) is 0 Å². The first kappa shape index (κ1) is 15.9. The van der Waals surface area contributed by atoms with Gasteiger partial charge in [-0.15, -0.1) is 0 Å². The molecule has 116 valence electrons. The van der Waals surface area contributed by atoms with E-state index >= 15 is 0 Å². The number of rotatable bonds is 8. The minimum Gasteiger partial charge on any atom is -0.494 e. The van der Waals surface area contributed by atoms with Crippen molar-refractivity contribution in [2.45, 2.75) is 19.8 Å². The molecule has 4 heteroatoms. The van der Waals surface area contributed by atoms with Crippen LogP contribution in [0.25, 0.3) is 0 Å². The second-order valence-electron chi connectivity index (χ2n) is 4.99. The molecule has 0 aliphatic heterocycles. The Kier molecular flexibility index (Phi) is 6.30. The first-order valence-corrected chi connectivity index (χ1v) is 7.59. The molecule has 0 spiro atoms. The maximum Gasteiger partial charge on any atom is 0.243 e. The number of ether oxygens (including phenoxy) is 1. The molecular weight excluding hydrogens is 276 g/mol. The Morgan fingerprint density at radius 3 is 2.41 bits per heavy atom. The number of nitrogens with one attached hydrogen (secondary N) is 2. The number of unbranched alkanes of at least 4 members (excludes halogenated alkanes) is 1. The van der Waals surface area contributed by atoms with Gasteiger partial charge in [0.15, 0.2) is 0 Å². The number of carbonyl (C=O) groups excluding carboxylic acids is 1. The lowest BCUT2D eigenvalue weighted by Gasteiger charge is -2.09. The first-order valence-electron chi connectivity index (χ1n) is 7.59. The average molecular weight is 298 g/mol. The first-order chi connectivity index (χ1) is 10.8. The van der Waals surface area contributed by atoms with Gasteiger partial charge in [0.05, 0.1) is 13.2 Å². The molecule has 0 saturated heterocycles. The molecular formula is C18H22N2O2. The number of hydrogen-bond acceptors (Lipinski definition) is 3. The van der Waals surface area contributed by atoms with Crippen molar-refractivity contribution < 1.29 is 9.53 Å². The zero-order valence-corrected chi connectivity index (χ0v) is 12.8. The summed E-state index contributed by atoms with van der Waals surface area (Å²) in [6.07, 6.45) is 2.16. The molecule has 0 aliphatic carbocycles. The number of amides is 1. The molecule has 2 rings (SSSR count). The summed E-state index contributed by atoms with van der Waals surface area (Å²) >= 11 is 0. The number of carbonyl (C=O) groups is 1. The van der Waals surface area contributed by atoms with Gasteiger partial charge < -0.3 is 15.4 Å². The van der Waals surface area contributed by atoms with E-state index in [0.29, 0.717) is 0 Å². The number of benzene rings is 2. The summed E-state index contributed by atoms with van der Waals surface area (Å²) in [5, 5.41) is 5.92. The minimum atomic E-state index is -0.0801. The lowest BCUT2D eigenvalue weighted by molar-refractivity contribution is -0.114. The van der Waals surface area contributed by atoms with Crippen LogP contribution in [-0.2, 0) is 4.79 Å². The third kappa shape index (κ3) is 5.48. The highest BCUT2D eigenvalue weighted by molar-refractivity contribution is 5.93. The topological polar surface area (TPSA) is 50.4 Å². The van der Waals surface area contributed by atoms with Crippen LogP contribution in [0.1, 0.15) is 19.8 Å². The van der Waals surface area contributed by atoms with Crippen molar-refractivity contribution in [3.05, 3.63) is 54.6 Å².